The molecule has 0 radical (unpaired) electrons. The Morgan fingerprint density at radius 2 is 2.12 bits per heavy atom. The molecule has 132 valence electrons. The Balaban J connectivity index is 1.63. The van der Waals surface area contributed by atoms with Gasteiger partial charge in [0.25, 0.3) is 0 Å². The highest BCUT2D eigenvalue weighted by atomic mass is 35.5. The van der Waals surface area contributed by atoms with Crippen molar-refractivity contribution in [3.8, 4) is 5.75 Å². The van der Waals surface area contributed by atoms with Crippen LogP contribution in [-0.2, 0) is 7.05 Å². The van der Waals surface area contributed by atoms with Gasteiger partial charge in [-0.15, -0.1) is 0 Å². The summed E-state index contributed by atoms with van der Waals surface area (Å²) in [6.45, 7) is 2.12. The smallest absolute Gasteiger partial charge is 0.163 e. The first-order chi connectivity index (χ1) is 12.0. The number of aliphatic hydroxyl groups excluding tert-OH is 1. The molecule has 0 unspecified atom stereocenters. The van der Waals surface area contributed by atoms with Crippen LogP contribution in [0.2, 0.25) is 10.0 Å². The summed E-state index contributed by atoms with van der Waals surface area (Å²) < 4.78 is 7.20. The van der Waals surface area contributed by atoms with E-state index in [1.54, 1.807) is 36.0 Å². The van der Waals surface area contributed by atoms with E-state index >= 15 is 0 Å². The monoisotopic (exact) mass is 381 g/mol. The maximum absolute atomic E-state index is 10.2. The van der Waals surface area contributed by atoms with Gasteiger partial charge in [-0.05, 0) is 19.1 Å². The van der Waals surface area contributed by atoms with Gasteiger partial charge in [0.1, 0.15) is 35.1 Å². The highest BCUT2D eigenvalue weighted by Gasteiger charge is 2.13. The summed E-state index contributed by atoms with van der Waals surface area (Å²) in [5.41, 5.74) is 0.728. The van der Waals surface area contributed by atoms with Gasteiger partial charge in [-0.3, -0.25) is 4.68 Å². The lowest BCUT2D eigenvalue weighted by Crippen LogP contribution is -2.26. The minimum Gasteiger partial charge on any atom is -0.489 e. The normalized spacial score (nSPS) is 12.4. The quantitative estimate of drug-likeness (QED) is 0.682. The third kappa shape index (κ3) is 3.95. The second kappa shape index (κ2) is 7.43. The number of fused-ring (bicyclic) bond motifs is 1. The molecule has 1 aromatic carbocycles. The summed E-state index contributed by atoms with van der Waals surface area (Å²) >= 11 is 12.0. The van der Waals surface area contributed by atoms with Gasteiger partial charge >= 0.3 is 0 Å². The molecule has 2 N–H and O–H groups in total. The fourth-order valence-electron chi connectivity index (χ4n) is 2.32. The standard InChI is InChI=1S/C16H17Cl2N5O2/c1-9-21-15(11-7-20-23(2)16(11)22-9)19-6-10(24)8-25-13-5-3-4-12(17)14(13)18/h3-5,7,10,24H,6,8H2,1-2H3,(H,19,21,22)/t10-/m1/s1. The third-order valence-electron chi connectivity index (χ3n) is 3.56. The van der Waals surface area contributed by atoms with Crippen molar-refractivity contribution in [2.24, 2.45) is 7.05 Å². The number of hydrogen-bond acceptors (Lipinski definition) is 6. The Kier molecular flexibility index (Phi) is 5.27. The Morgan fingerprint density at radius 1 is 1.32 bits per heavy atom. The van der Waals surface area contributed by atoms with Crippen LogP contribution in [0.25, 0.3) is 11.0 Å². The summed E-state index contributed by atoms with van der Waals surface area (Å²) in [4.78, 5) is 8.72. The van der Waals surface area contributed by atoms with Crippen molar-refractivity contribution in [3.63, 3.8) is 0 Å². The summed E-state index contributed by atoms with van der Waals surface area (Å²) in [5, 5.41) is 19.0. The molecule has 9 heteroatoms. The van der Waals surface area contributed by atoms with Gasteiger partial charge in [0.2, 0.25) is 0 Å². The number of nitrogens with one attached hydrogen (secondary N) is 1. The fraction of sp³-hybridized carbons (Fsp3) is 0.312. The molecular formula is C16H17Cl2N5O2. The lowest BCUT2D eigenvalue weighted by atomic mass is 10.3. The Morgan fingerprint density at radius 3 is 2.92 bits per heavy atom. The largest absolute Gasteiger partial charge is 0.489 e. The molecule has 7 nitrogen and oxygen atoms in total. The van der Waals surface area contributed by atoms with Gasteiger partial charge < -0.3 is 15.2 Å². The number of nitrogens with zero attached hydrogens (tertiary/aromatic N) is 4. The third-order valence-corrected chi connectivity index (χ3v) is 4.36. The second-order valence-electron chi connectivity index (χ2n) is 5.52. The van der Waals surface area contributed by atoms with Gasteiger partial charge in [0.15, 0.2) is 5.65 Å². The number of benzene rings is 1. The maximum atomic E-state index is 10.2. The van der Waals surface area contributed by atoms with Crippen molar-refractivity contribution in [3.05, 3.63) is 40.3 Å². The summed E-state index contributed by atoms with van der Waals surface area (Å²) in [6.07, 6.45) is 0.920. The van der Waals surface area contributed by atoms with Crippen LogP contribution in [0.3, 0.4) is 0 Å². The molecule has 0 amide bonds. The van der Waals surface area contributed by atoms with E-state index in [0.29, 0.717) is 27.4 Å². The molecule has 2 heterocycles. The van der Waals surface area contributed by atoms with Crippen LogP contribution in [0.1, 0.15) is 5.82 Å². The zero-order chi connectivity index (χ0) is 18.0. The predicted octanol–water partition coefficient (Wildman–Crippen LogP) is 2.83. The first-order valence-electron chi connectivity index (χ1n) is 7.61. The average Bonchev–Trinajstić information content (AvgIpc) is 2.95. The van der Waals surface area contributed by atoms with E-state index in [-0.39, 0.29) is 13.2 Å². The van der Waals surface area contributed by atoms with E-state index in [2.05, 4.69) is 20.4 Å². The zero-order valence-electron chi connectivity index (χ0n) is 13.7. The van der Waals surface area contributed by atoms with Crippen molar-refractivity contribution >= 4 is 40.1 Å². The second-order valence-corrected chi connectivity index (χ2v) is 6.31. The van der Waals surface area contributed by atoms with E-state index in [4.69, 9.17) is 27.9 Å². The SMILES string of the molecule is Cc1nc(NC[C@@H](O)COc2cccc(Cl)c2Cl)c2cnn(C)c2n1. The van der Waals surface area contributed by atoms with E-state index in [1.165, 1.54) is 0 Å². The number of aliphatic hydroxyl groups is 1. The van der Waals surface area contributed by atoms with Crippen molar-refractivity contribution in [2.75, 3.05) is 18.5 Å². The van der Waals surface area contributed by atoms with Crippen LogP contribution in [-0.4, -0.2) is 44.1 Å². The number of rotatable bonds is 6. The van der Waals surface area contributed by atoms with E-state index < -0.39 is 6.10 Å². The minimum absolute atomic E-state index is 0.0628. The molecule has 0 spiro atoms. The van der Waals surface area contributed by atoms with Gasteiger partial charge in [0, 0.05) is 13.6 Å². The maximum Gasteiger partial charge on any atom is 0.163 e. The number of ether oxygens (including phenoxy) is 1. The Bertz CT molecular complexity index is 900. The molecular weight excluding hydrogens is 365 g/mol. The first kappa shape index (κ1) is 17.7. The van der Waals surface area contributed by atoms with E-state index in [0.717, 1.165) is 11.0 Å². The lowest BCUT2D eigenvalue weighted by Gasteiger charge is -2.15. The molecule has 0 saturated heterocycles. The molecule has 25 heavy (non-hydrogen) atoms. The minimum atomic E-state index is -0.767. The van der Waals surface area contributed by atoms with Crippen LogP contribution in [0.4, 0.5) is 5.82 Å². The number of halogens is 2. The number of hydrogen-bond donors (Lipinski definition) is 2. The Hall–Kier alpha value is -2.09. The summed E-state index contributed by atoms with van der Waals surface area (Å²) in [6, 6.07) is 5.10. The van der Waals surface area contributed by atoms with Crippen LogP contribution in [0.5, 0.6) is 5.75 Å². The fourth-order valence-corrected chi connectivity index (χ4v) is 2.67. The van der Waals surface area contributed by atoms with E-state index in [1.807, 2.05) is 7.05 Å². The number of aromatic nitrogens is 4. The molecule has 0 fully saturated rings. The first-order valence-corrected chi connectivity index (χ1v) is 8.36. The molecule has 3 aromatic rings. The topological polar surface area (TPSA) is 85.1 Å². The van der Waals surface area contributed by atoms with Gasteiger partial charge in [-0.2, -0.15) is 5.10 Å². The van der Waals surface area contributed by atoms with Crippen molar-refractivity contribution in [1.29, 1.82) is 0 Å². The summed E-state index contributed by atoms with van der Waals surface area (Å²) in [5.74, 6) is 1.67. The molecule has 0 aliphatic heterocycles. The van der Waals surface area contributed by atoms with Crippen LogP contribution >= 0.6 is 23.2 Å². The van der Waals surface area contributed by atoms with Crippen LogP contribution in [0.15, 0.2) is 24.4 Å². The highest BCUT2D eigenvalue weighted by Crippen LogP contribution is 2.31. The lowest BCUT2D eigenvalue weighted by molar-refractivity contribution is 0.117. The summed E-state index contributed by atoms with van der Waals surface area (Å²) in [7, 11) is 1.82. The Labute approximate surface area is 154 Å². The van der Waals surface area contributed by atoms with Gasteiger partial charge in [-0.1, -0.05) is 29.3 Å². The molecule has 2 aromatic heterocycles. The molecule has 0 aliphatic rings. The zero-order valence-corrected chi connectivity index (χ0v) is 15.2. The highest BCUT2D eigenvalue weighted by molar-refractivity contribution is 6.42. The molecule has 0 bridgehead atoms. The van der Waals surface area contributed by atoms with Crippen LogP contribution < -0.4 is 10.1 Å². The molecule has 0 saturated carbocycles. The van der Waals surface area contributed by atoms with Crippen molar-refractivity contribution in [2.45, 2.75) is 13.0 Å². The van der Waals surface area contributed by atoms with Gasteiger partial charge in [0.05, 0.1) is 16.6 Å². The van der Waals surface area contributed by atoms with Crippen LogP contribution in [0, 0.1) is 6.92 Å². The van der Waals surface area contributed by atoms with Crippen molar-refractivity contribution < 1.29 is 9.84 Å². The molecule has 3 rings (SSSR count). The molecule has 1 atom stereocenters. The van der Waals surface area contributed by atoms with Gasteiger partial charge in [-0.25, -0.2) is 9.97 Å². The van der Waals surface area contributed by atoms with Crippen molar-refractivity contribution in [1.82, 2.24) is 19.7 Å². The molecule has 0 aliphatic carbocycles. The average molecular weight is 382 g/mol. The number of anilines is 1. The van der Waals surface area contributed by atoms with E-state index in [9.17, 15) is 5.11 Å². The predicted molar refractivity (Wildman–Crippen MR) is 97.5 cm³/mol. The number of aryl methyl sites for hydroxylation is 2.